The maximum atomic E-state index is 9.39. The van der Waals surface area contributed by atoms with E-state index in [1.807, 2.05) is 42.0 Å². The summed E-state index contributed by atoms with van der Waals surface area (Å²) in [4.78, 5) is 0. The van der Waals surface area contributed by atoms with Gasteiger partial charge < -0.3 is 14.1 Å². The highest BCUT2D eigenvalue weighted by Gasteiger charge is 2.10. The molecule has 0 atom stereocenters. The number of fused-ring (bicyclic) bond motifs is 1. The van der Waals surface area contributed by atoms with Crippen molar-refractivity contribution < 1.29 is 9.52 Å². The van der Waals surface area contributed by atoms with Gasteiger partial charge in [0.2, 0.25) is 11.8 Å². The zero-order valence-electron chi connectivity index (χ0n) is 10.7. The minimum atomic E-state index is 0.0254. The number of benzene rings is 1. The monoisotopic (exact) mass is 257 g/mol. The molecule has 0 spiro atoms. The van der Waals surface area contributed by atoms with Crippen molar-refractivity contribution in [3.63, 3.8) is 0 Å². The molecule has 0 aliphatic heterocycles. The number of aliphatic hydroxyl groups excluding tert-OH is 1. The normalized spacial score (nSPS) is 11.3. The second-order valence-corrected chi connectivity index (χ2v) is 4.40. The van der Waals surface area contributed by atoms with E-state index in [2.05, 4.69) is 10.2 Å². The van der Waals surface area contributed by atoms with Gasteiger partial charge in [0.1, 0.15) is 6.54 Å². The number of rotatable bonds is 4. The third-order valence-corrected chi connectivity index (χ3v) is 3.16. The summed E-state index contributed by atoms with van der Waals surface area (Å²) in [6, 6.07) is 7.97. The molecule has 0 aliphatic rings. The van der Waals surface area contributed by atoms with Gasteiger partial charge in [-0.15, -0.1) is 10.2 Å². The van der Waals surface area contributed by atoms with Crippen LogP contribution in [0.4, 0.5) is 0 Å². The third-order valence-electron chi connectivity index (χ3n) is 3.16. The molecule has 5 heteroatoms. The Bertz CT molecular complexity index is 700. The molecule has 2 aromatic heterocycles. The summed E-state index contributed by atoms with van der Waals surface area (Å²) in [5, 5.41) is 18.4. The van der Waals surface area contributed by atoms with Gasteiger partial charge in [-0.25, -0.2) is 0 Å². The summed E-state index contributed by atoms with van der Waals surface area (Å²) in [5.41, 5.74) is 1.97. The van der Waals surface area contributed by atoms with E-state index in [-0.39, 0.29) is 6.61 Å². The van der Waals surface area contributed by atoms with E-state index in [0.717, 1.165) is 22.9 Å². The van der Waals surface area contributed by atoms with Crippen LogP contribution in [0.5, 0.6) is 0 Å². The predicted molar refractivity (Wildman–Crippen MR) is 70.6 cm³/mol. The molecule has 0 fully saturated rings. The molecule has 1 N–H and O–H groups in total. The van der Waals surface area contributed by atoms with Crippen LogP contribution in [-0.4, -0.2) is 19.9 Å². The Balaban J connectivity index is 2.00. The van der Waals surface area contributed by atoms with Gasteiger partial charge in [0.05, 0.1) is 6.61 Å². The fraction of sp³-hybridized carbons (Fsp3) is 0.286. The highest BCUT2D eigenvalue weighted by atomic mass is 16.4. The van der Waals surface area contributed by atoms with Gasteiger partial charge >= 0.3 is 0 Å². The SMILES string of the molecule is CCc1nnc(Cn2cc(CO)c3ccccc32)o1. The molecule has 19 heavy (non-hydrogen) atoms. The van der Waals surface area contributed by atoms with E-state index in [9.17, 15) is 5.11 Å². The topological polar surface area (TPSA) is 64.1 Å². The van der Waals surface area contributed by atoms with Crippen molar-refractivity contribution >= 4 is 10.9 Å². The Morgan fingerprint density at radius 3 is 2.74 bits per heavy atom. The first-order chi connectivity index (χ1) is 9.31. The van der Waals surface area contributed by atoms with Gasteiger partial charge in [-0.05, 0) is 6.07 Å². The molecule has 0 amide bonds. The lowest BCUT2D eigenvalue weighted by molar-refractivity contribution is 0.283. The molecule has 0 bridgehead atoms. The van der Waals surface area contributed by atoms with E-state index in [0.29, 0.717) is 18.3 Å². The van der Waals surface area contributed by atoms with Crippen molar-refractivity contribution in [1.82, 2.24) is 14.8 Å². The first-order valence-corrected chi connectivity index (χ1v) is 6.30. The fourth-order valence-electron chi connectivity index (χ4n) is 2.22. The number of para-hydroxylation sites is 1. The van der Waals surface area contributed by atoms with Crippen LogP contribution in [0.25, 0.3) is 10.9 Å². The molecule has 3 rings (SSSR count). The van der Waals surface area contributed by atoms with E-state index in [4.69, 9.17) is 4.42 Å². The lowest BCUT2D eigenvalue weighted by atomic mass is 10.2. The minimum Gasteiger partial charge on any atom is -0.423 e. The number of aryl methyl sites for hydroxylation is 1. The van der Waals surface area contributed by atoms with Crippen LogP contribution in [0.15, 0.2) is 34.9 Å². The Hall–Kier alpha value is -2.14. The number of aliphatic hydroxyl groups is 1. The van der Waals surface area contributed by atoms with Crippen molar-refractivity contribution in [2.75, 3.05) is 0 Å². The standard InChI is InChI=1S/C14H15N3O2/c1-2-13-15-16-14(19-13)8-17-7-10(9-18)11-5-3-4-6-12(11)17/h3-7,18H,2,8-9H2,1H3. The number of nitrogens with zero attached hydrogens (tertiary/aromatic N) is 3. The van der Waals surface area contributed by atoms with Gasteiger partial charge in [-0.3, -0.25) is 0 Å². The zero-order valence-corrected chi connectivity index (χ0v) is 10.7. The molecule has 0 unspecified atom stereocenters. The molecule has 2 heterocycles. The van der Waals surface area contributed by atoms with Crippen molar-refractivity contribution in [3.05, 3.63) is 47.8 Å². The Morgan fingerprint density at radius 1 is 1.21 bits per heavy atom. The summed E-state index contributed by atoms with van der Waals surface area (Å²) in [6.45, 7) is 2.53. The summed E-state index contributed by atoms with van der Waals surface area (Å²) in [6.07, 6.45) is 2.67. The summed E-state index contributed by atoms with van der Waals surface area (Å²) in [5.74, 6) is 1.23. The Morgan fingerprint density at radius 2 is 2.00 bits per heavy atom. The molecule has 0 aliphatic carbocycles. The minimum absolute atomic E-state index is 0.0254. The molecule has 98 valence electrons. The number of hydrogen-bond donors (Lipinski definition) is 1. The largest absolute Gasteiger partial charge is 0.423 e. The van der Waals surface area contributed by atoms with E-state index in [1.165, 1.54) is 0 Å². The molecule has 0 saturated heterocycles. The summed E-state index contributed by atoms with van der Waals surface area (Å²) >= 11 is 0. The second-order valence-electron chi connectivity index (χ2n) is 4.40. The van der Waals surface area contributed by atoms with Gasteiger partial charge in [0.25, 0.3) is 0 Å². The van der Waals surface area contributed by atoms with Crippen molar-refractivity contribution in [3.8, 4) is 0 Å². The summed E-state index contributed by atoms with van der Waals surface area (Å²) in [7, 11) is 0. The van der Waals surface area contributed by atoms with Crippen LogP contribution in [0.2, 0.25) is 0 Å². The van der Waals surface area contributed by atoms with Crippen LogP contribution in [-0.2, 0) is 19.6 Å². The van der Waals surface area contributed by atoms with Crippen LogP contribution in [0.1, 0.15) is 24.3 Å². The van der Waals surface area contributed by atoms with E-state index >= 15 is 0 Å². The maximum Gasteiger partial charge on any atom is 0.236 e. The highest BCUT2D eigenvalue weighted by Crippen LogP contribution is 2.22. The zero-order chi connectivity index (χ0) is 13.2. The van der Waals surface area contributed by atoms with Crippen molar-refractivity contribution in [2.24, 2.45) is 0 Å². The van der Waals surface area contributed by atoms with Crippen molar-refractivity contribution in [1.29, 1.82) is 0 Å². The molecule has 3 aromatic rings. The van der Waals surface area contributed by atoms with Gasteiger partial charge in [0.15, 0.2) is 0 Å². The van der Waals surface area contributed by atoms with Crippen LogP contribution >= 0.6 is 0 Å². The molecule has 0 radical (unpaired) electrons. The first kappa shape index (κ1) is 11.9. The van der Waals surface area contributed by atoms with Crippen LogP contribution in [0.3, 0.4) is 0 Å². The van der Waals surface area contributed by atoms with Gasteiger partial charge in [-0.2, -0.15) is 0 Å². The Kier molecular flexibility index (Phi) is 3.05. The third kappa shape index (κ3) is 2.13. The molecule has 1 aromatic carbocycles. The number of hydrogen-bond acceptors (Lipinski definition) is 4. The lowest BCUT2D eigenvalue weighted by Gasteiger charge is -2.00. The summed E-state index contributed by atoms with van der Waals surface area (Å²) < 4.78 is 7.54. The van der Waals surface area contributed by atoms with Gasteiger partial charge in [-0.1, -0.05) is 25.1 Å². The second kappa shape index (κ2) is 4.85. The lowest BCUT2D eigenvalue weighted by Crippen LogP contribution is -1.98. The Labute approximate surface area is 110 Å². The first-order valence-electron chi connectivity index (χ1n) is 6.30. The predicted octanol–water partition coefficient (Wildman–Crippen LogP) is 2.13. The van der Waals surface area contributed by atoms with E-state index in [1.54, 1.807) is 0 Å². The quantitative estimate of drug-likeness (QED) is 0.777. The highest BCUT2D eigenvalue weighted by molar-refractivity contribution is 5.83. The van der Waals surface area contributed by atoms with Crippen LogP contribution < -0.4 is 0 Å². The van der Waals surface area contributed by atoms with Gasteiger partial charge in [0, 0.05) is 29.1 Å². The maximum absolute atomic E-state index is 9.39. The average molecular weight is 257 g/mol. The van der Waals surface area contributed by atoms with Crippen LogP contribution in [0, 0.1) is 0 Å². The fourth-order valence-corrected chi connectivity index (χ4v) is 2.22. The molecular formula is C14H15N3O2. The molecule has 5 nitrogen and oxygen atoms in total. The average Bonchev–Trinajstić information content (AvgIpc) is 3.04. The van der Waals surface area contributed by atoms with Crippen molar-refractivity contribution in [2.45, 2.75) is 26.5 Å². The number of aromatic nitrogens is 3. The van der Waals surface area contributed by atoms with E-state index < -0.39 is 0 Å². The molecular weight excluding hydrogens is 242 g/mol. The molecule has 0 saturated carbocycles. The smallest absolute Gasteiger partial charge is 0.236 e.